The first-order valence-corrected chi connectivity index (χ1v) is 8.33. The number of rotatable bonds is 0. The van der Waals surface area contributed by atoms with Crippen molar-refractivity contribution >= 4 is 25.3 Å². The van der Waals surface area contributed by atoms with Crippen molar-refractivity contribution in [3.8, 4) is 0 Å². The topological polar surface area (TPSA) is 20.3 Å². The van der Waals surface area contributed by atoms with Gasteiger partial charge in [0.25, 0.3) is 0 Å². The van der Waals surface area contributed by atoms with Crippen LogP contribution in [0.4, 0.5) is 0 Å². The minimum atomic E-state index is 0.211. The first-order chi connectivity index (χ1) is 9.34. The van der Waals surface area contributed by atoms with E-state index in [0.29, 0.717) is 19.9 Å². The summed E-state index contributed by atoms with van der Waals surface area (Å²) in [4.78, 5) is 15.0. The van der Waals surface area contributed by atoms with Crippen molar-refractivity contribution < 1.29 is 4.79 Å². The fourth-order valence-corrected chi connectivity index (χ4v) is 5.75. The Morgan fingerprint density at radius 2 is 1.84 bits per heavy atom. The SMILES string of the molecule is O=C1c2ccccc2[Se]C2c3ccccc3CCN12. The molecule has 0 fully saturated rings. The molecule has 2 aromatic carbocycles. The van der Waals surface area contributed by atoms with Crippen molar-refractivity contribution in [1.29, 1.82) is 0 Å². The van der Waals surface area contributed by atoms with Gasteiger partial charge >= 0.3 is 118 Å². The molecule has 0 spiro atoms. The summed E-state index contributed by atoms with van der Waals surface area (Å²) < 4.78 is 1.25. The van der Waals surface area contributed by atoms with Crippen LogP contribution < -0.4 is 4.46 Å². The summed E-state index contributed by atoms with van der Waals surface area (Å²) in [5, 5.41) is 0. The summed E-state index contributed by atoms with van der Waals surface area (Å²) >= 11 is 0.307. The Kier molecular flexibility index (Phi) is 2.51. The van der Waals surface area contributed by atoms with Gasteiger partial charge in [-0.3, -0.25) is 0 Å². The summed E-state index contributed by atoms with van der Waals surface area (Å²) in [6.45, 7) is 0.858. The predicted octanol–water partition coefficient (Wildman–Crippen LogP) is 1.73. The number of carbonyl (C=O) groups excluding carboxylic acids is 1. The van der Waals surface area contributed by atoms with E-state index >= 15 is 0 Å². The van der Waals surface area contributed by atoms with Crippen molar-refractivity contribution in [2.24, 2.45) is 0 Å². The first-order valence-electron chi connectivity index (χ1n) is 6.49. The average molecular weight is 314 g/mol. The van der Waals surface area contributed by atoms with Gasteiger partial charge in [0, 0.05) is 0 Å². The molecular weight excluding hydrogens is 301 g/mol. The number of amides is 1. The molecule has 2 aliphatic heterocycles. The van der Waals surface area contributed by atoms with E-state index in [4.69, 9.17) is 0 Å². The van der Waals surface area contributed by atoms with Crippen LogP contribution in [0.5, 0.6) is 0 Å². The molecule has 0 N–H and O–H groups in total. The van der Waals surface area contributed by atoms with E-state index in [1.807, 2.05) is 18.2 Å². The third-order valence-electron chi connectivity index (χ3n) is 3.84. The van der Waals surface area contributed by atoms with E-state index in [2.05, 4.69) is 35.2 Å². The standard InChI is InChI=1S/C16H13NOSe/c18-15-13-7-3-4-8-14(13)19-16-12-6-2-1-5-11(12)9-10-17(15)16/h1-8,16H,9-10H2. The molecule has 0 aromatic heterocycles. The van der Waals surface area contributed by atoms with Gasteiger partial charge in [0.05, 0.1) is 0 Å². The molecule has 19 heavy (non-hydrogen) atoms. The molecule has 0 saturated heterocycles. The molecular formula is C16H13NOSe. The van der Waals surface area contributed by atoms with Crippen LogP contribution in [0.3, 0.4) is 0 Å². The quantitative estimate of drug-likeness (QED) is 0.678. The second-order valence-corrected chi connectivity index (χ2v) is 7.27. The summed E-state index contributed by atoms with van der Waals surface area (Å²) in [5.41, 5.74) is 3.69. The van der Waals surface area contributed by atoms with Gasteiger partial charge in [0.1, 0.15) is 0 Å². The van der Waals surface area contributed by atoms with E-state index in [1.165, 1.54) is 15.6 Å². The fourth-order valence-electron chi connectivity index (χ4n) is 2.89. The number of fused-ring (bicyclic) bond motifs is 4. The molecule has 1 amide bonds. The van der Waals surface area contributed by atoms with Crippen molar-refractivity contribution in [2.75, 3.05) is 6.54 Å². The van der Waals surface area contributed by atoms with Crippen LogP contribution in [0.2, 0.25) is 0 Å². The van der Waals surface area contributed by atoms with Crippen LogP contribution in [0, 0.1) is 0 Å². The Labute approximate surface area is 118 Å². The van der Waals surface area contributed by atoms with Crippen molar-refractivity contribution in [3.05, 3.63) is 65.2 Å². The molecule has 1 atom stereocenters. The molecule has 0 bridgehead atoms. The normalized spacial score (nSPS) is 20.5. The molecule has 2 aromatic rings. The first kappa shape index (κ1) is 11.3. The molecule has 2 aliphatic rings. The zero-order valence-corrected chi connectivity index (χ0v) is 12.1. The predicted molar refractivity (Wildman–Crippen MR) is 75.8 cm³/mol. The fraction of sp³-hybridized carbons (Fsp3) is 0.188. The summed E-state index contributed by atoms with van der Waals surface area (Å²) in [7, 11) is 0. The zero-order valence-electron chi connectivity index (χ0n) is 10.4. The van der Waals surface area contributed by atoms with E-state index in [-0.39, 0.29) is 5.91 Å². The van der Waals surface area contributed by atoms with Gasteiger partial charge in [-0.15, -0.1) is 0 Å². The molecule has 0 saturated carbocycles. The van der Waals surface area contributed by atoms with Gasteiger partial charge in [-0.05, 0) is 0 Å². The second-order valence-electron chi connectivity index (χ2n) is 4.91. The van der Waals surface area contributed by atoms with Crippen LogP contribution in [0.1, 0.15) is 26.4 Å². The Morgan fingerprint density at radius 1 is 1.05 bits per heavy atom. The molecule has 3 heteroatoms. The number of hydrogen-bond donors (Lipinski definition) is 0. The number of hydrogen-bond acceptors (Lipinski definition) is 1. The summed E-state index contributed by atoms with van der Waals surface area (Å²) in [5.74, 6) is 0.211. The Hall–Kier alpha value is -1.57. The number of nitrogens with zero attached hydrogens (tertiary/aromatic N) is 1. The van der Waals surface area contributed by atoms with Crippen molar-refractivity contribution in [1.82, 2.24) is 4.90 Å². The van der Waals surface area contributed by atoms with E-state index in [1.54, 1.807) is 0 Å². The summed E-state index contributed by atoms with van der Waals surface area (Å²) in [6.07, 6.45) is 0.983. The van der Waals surface area contributed by atoms with Gasteiger partial charge in [0.15, 0.2) is 0 Å². The van der Waals surface area contributed by atoms with Gasteiger partial charge in [-0.1, -0.05) is 0 Å². The number of benzene rings is 2. The minimum absolute atomic E-state index is 0.211. The third kappa shape index (κ3) is 1.66. The second kappa shape index (κ2) is 4.22. The molecule has 94 valence electrons. The van der Waals surface area contributed by atoms with Crippen LogP contribution in [0.15, 0.2) is 48.5 Å². The monoisotopic (exact) mass is 315 g/mol. The van der Waals surface area contributed by atoms with E-state index < -0.39 is 0 Å². The Morgan fingerprint density at radius 3 is 2.79 bits per heavy atom. The van der Waals surface area contributed by atoms with Crippen LogP contribution in [0.25, 0.3) is 0 Å². The zero-order chi connectivity index (χ0) is 12.8. The average Bonchev–Trinajstić information content (AvgIpc) is 2.47. The van der Waals surface area contributed by atoms with Gasteiger partial charge in [0.2, 0.25) is 0 Å². The summed E-state index contributed by atoms with van der Waals surface area (Å²) in [6, 6.07) is 16.7. The molecule has 0 aliphatic carbocycles. The van der Waals surface area contributed by atoms with Gasteiger partial charge < -0.3 is 0 Å². The van der Waals surface area contributed by atoms with Crippen LogP contribution >= 0.6 is 0 Å². The van der Waals surface area contributed by atoms with Gasteiger partial charge in [-0.2, -0.15) is 0 Å². The van der Waals surface area contributed by atoms with E-state index in [9.17, 15) is 4.79 Å². The Bertz CT molecular complexity index is 667. The van der Waals surface area contributed by atoms with Crippen LogP contribution in [-0.4, -0.2) is 32.3 Å². The maximum atomic E-state index is 12.6. The van der Waals surface area contributed by atoms with Gasteiger partial charge in [-0.25, -0.2) is 0 Å². The Balaban J connectivity index is 1.85. The van der Waals surface area contributed by atoms with E-state index in [0.717, 1.165) is 18.5 Å². The molecule has 0 radical (unpaired) electrons. The molecule has 2 nitrogen and oxygen atoms in total. The maximum absolute atomic E-state index is 12.6. The molecule has 1 unspecified atom stereocenters. The number of carbonyl (C=O) groups is 1. The van der Waals surface area contributed by atoms with Crippen molar-refractivity contribution in [3.63, 3.8) is 0 Å². The molecule has 2 heterocycles. The molecule has 4 rings (SSSR count). The van der Waals surface area contributed by atoms with Crippen molar-refractivity contribution in [2.45, 2.75) is 11.4 Å². The third-order valence-corrected chi connectivity index (χ3v) is 6.66. The van der Waals surface area contributed by atoms with Crippen LogP contribution in [-0.2, 0) is 6.42 Å².